The average molecular weight is 303 g/mol. The van der Waals surface area contributed by atoms with Crippen molar-refractivity contribution in [1.29, 1.82) is 0 Å². The van der Waals surface area contributed by atoms with E-state index in [-0.39, 0.29) is 12.6 Å². The normalized spacial score (nSPS) is 16.0. The number of amides is 2. The number of piperazine rings is 1. The SMILES string of the molecule is COCCN(CCOC)C(=O)N1CCN(CC(=O)O)CC1. The number of carbonyl (C=O) groups is 2. The minimum absolute atomic E-state index is 0.0269. The van der Waals surface area contributed by atoms with E-state index >= 15 is 0 Å². The second kappa shape index (κ2) is 9.54. The summed E-state index contributed by atoms with van der Waals surface area (Å²) in [4.78, 5) is 28.4. The van der Waals surface area contributed by atoms with Crippen LogP contribution in [0.1, 0.15) is 0 Å². The molecular weight excluding hydrogens is 278 g/mol. The average Bonchev–Trinajstić information content (AvgIpc) is 2.47. The Morgan fingerprint density at radius 2 is 1.57 bits per heavy atom. The van der Waals surface area contributed by atoms with Gasteiger partial charge in [-0.15, -0.1) is 0 Å². The van der Waals surface area contributed by atoms with E-state index in [1.807, 2.05) is 4.90 Å². The molecule has 1 fully saturated rings. The van der Waals surface area contributed by atoms with Gasteiger partial charge in [0.15, 0.2) is 0 Å². The summed E-state index contributed by atoms with van der Waals surface area (Å²) in [5.41, 5.74) is 0. The van der Waals surface area contributed by atoms with Gasteiger partial charge in [0.2, 0.25) is 0 Å². The van der Waals surface area contributed by atoms with Crippen molar-refractivity contribution in [2.24, 2.45) is 0 Å². The van der Waals surface area contributed by atoms with Crippen LogP contribution in [0.15, 0.2) is 0 Å². The van der Waals surface area contributed by atoms with Crippen LogP contribution < -0.4 is 0 Å². The number of rotatable bonds is 8. The molecule has 0 aromatic rings. The highest BCUT2D eigenvalue weighted by Crippen LogP contribution is 2.06. The van der Waals surface area contributed by atoms with E-state index in [2.05, 4.69) is 0 Å². The fourth-order valence-electron chi connectivity index (χ4n) is 2.19. The fraction of sp³-hybridized carbons (Fsp3) is 0.846. The predicted octanol–water partition coefficient (Wildman–Crippen LogP) is -0.597. The van der Waals surface area contributed by atoms with Gasteiger partial charge in [0.05, 0.1) is 19.8 Å². The molecule has 1 rings (SSSR count). The molecule has 0 bridgehead atoms. The molecule has 0 saturated carbocycles. The molecule has 0 aliphatic carbocycles. The van der Waals surface area contributed by atoms with Gasteiger partial charge in [-0.1, -0.05) is 0 Å². The van der Waals surface area contributed by atoms with Crippen LogP contribution >= 0.6 is 0 Å². The number of carboxylic acids is 1. The first-order chi connectivity index (χ1) is 10.1. The summed E-state index contributed by atoms with van der Waals surface area (Å²) < 4.78 is 10.0. The first kappa shape index (κ1) is 17.7. The maximum absolute atomic E-state index is 12.4. The molecule has 1 saturated heterocycles. The minimum atomic E-state index is -0.836. The van der Waals surface area contributed by atoms with Crippen molar-refractivity contribution in [1.82, 2.24) is 14.7 Å². The maximum atomic E-state index is 12.4. The number of hydrogen-bond acceptors (Lipinski definition) is 5. The van der Waals surface area contributed by atoms with E-state index in [1.165, 1.54) is 0 Å². The van der Waals surface area contributed by atoms with Gasteiger partial charge in [0.1, 0.15) is 0 Å². The number of urea groups is 1. The molecular formula is C13H25N3O5. The van der Waals surface area contributed by atoms with Gasteiger partial charge in [-0.25, -0.2) is 4.79 Å². The van der Waals surface area contributed by atoms with Gasteiger partial charge in [0.25, 0.3) is 0 Å². The van der Waals surface area contributed by atoms with E-state index in [4.69, 9.17) is 14.6 Å². The first-order valence-corrected chi connectivity index (χ1v) is 7.04. The van der Waals surface area contributed by atoms with E-state index in [1.54, 1.807) is 24.0 Å². The Morgan fingerprint density at radius 1 is 1.05 bits per heavy atom. The molecule has 122 valence electrons. The lowest BCUT2D eigenvalue weighted by molar-refractivity contribution is -0.138. The smallest absolute Gasteiger partial charge is 0.320 e. The summed E-state index contributed by atoms with van der Waals surface area (Å²) >= 11 is 0. The van der Waals surface area contributed by atoms with Gasteiger partial charge in [-0.05, 0) is 0 Å². The molecule has 8 heteroatoms. The molecule has 21 heavy (non-hydrogen) atoms. The van der Waals surface area contributed by atoms with Gasteiger partial charge in [-0.3, -0.25) is 9.69 Å². The highest BCUT2D eigenvalue weighted by atomic mass is 16.5. The van der Waals surface area contributed by atoms with Crippen LogP contribution in [0.25, 0.3) is 0 Å². The molecule has 0 spiro atoms. The van der Waals surface area contributed by atoms with Crippen LogP contribution in [0.3, 0.4) is 0 Å². The molecule has 1 N–H and O–H groups in total. The third-order valence-corrected chi connectivity index (χ3v) is 3.40. The zero-order valence-electron chi connectivity index (χ0n) is 12.8. The Bertz CT molecular complexity index is 324. The van der Waals surface area contributed by atoms with Crippen LogP contribution in [-0.4, -0.2) is 105 Å². The highest BCUT2D eigenvalue weighted by Gasteiger charge is 2.25. The van der Waals surface area contributed by atoms with Crippen LogP contribution in [-0.2, 0) is 14.3 Å². The molecule has 0 atom stereocenters. The first-order valence-electron chi connectivity index (χ1n) is 7.04. The molecule has 0 radical (unpaired) electrons. The van der Waals surface area contributed by atoms with Gasteiger partial charge < -0.3 is 24.4 Å². The summed E-state index contributed by atoms with van der Waals surface area (Å²) in [5, 5.41) is 8.77. The molecule has 1 aliphatic rings. The second-order valence-electron chi connectivity index (χ2n) is 4.91. The van der Waals surface area contributed by atoms with E-state index in [9.17, 15) is 9.59 Å². The molecule has 0 unspecified atom stereocenters. The monoisotopic (exact) mass is 303 g/mol. The van der Waals surface area contributed by atoms with Crippen molar-refractivity contribution in [3.8, 4) is 0 Å². The summed E-state index contributed by atoms with van der Waals surface area (Å²) in [5.74, 6) is -0.836. The zero-order chi connectivity index (χ0) is 15.7. The highest BCUT2D eigenvalue weighted by molar-refractivity contribution is 5.74. The van der Waals surface area contributed by atoms with Crippen LogP contribution in [0.2, 0.25) is 0 Å². The standard InChI is InChI=1S/C13H25N3O5/c1-20-9-7-16(8-10-21-2)13(19)15-5-3-14(4-6-15)11-12(17)18/h3-11H2,1-2H3,(H,17,18). The van der Waals surface area contributed by atoms with Gasteiger partial charge >= 0.3 is 12.0 Å². The van der Waals surface area contributed by atoms with Gasteiger partial charge in [0, 0.05) is 53.5 Å². The number of carboxylic acid groups (broad SMARTS) is 1. The lowest BCUT2D eigenvalue weighted by Gasteiger charge is -2.37. The van der Waals surface area contributed by atoms with Crippen LogP contribution in [0.4, 0.5) is 4.79 Å². The number of carbonyl (C=O) groups excluding carboxylic acids is 1. The van der Waals surface area contributed by atoms with Crippen molar-refractivity contribution in [2.75, 3.05) is 73.2 Å². The Hall–Kier alpha value is -1.38. The topological polar surface area (TPSA) is 82.6 Å². The van der Waals surface area contributed by atoms with E-state index in [0.717, 1.165) is 0 Å². The maximum Gasteiger partial charge on any atom is 0.320 e. The summed E-state index contributed by atoms with van der Waals surface area (Å²) in [6.07, 6.45) is 0. The van der Waals surface area contributed by atoms with Crippen molar-refractivity contribution in [3.05, 3.63) is 0 Å². The number of aliphatic carboxylic acids is 1. The van der Waals surface area contributed by atoms with E-state index in [0.29, 0.717) is 52.5 Å². The predicted molar refractivity (Wildman–Crippen MR) is 76.4 cm³/mol. The summed E-state index contributed by atoms with van der Waals surface area (Å²) in [6.45, 7) is 4.29. The van der Waals surface area contributed by atoms with Crippen LogP contribution in [0.5, 0.6) is 0 Å². The zero-order valence-corrected chi connectivity index (χ0v) is 12.8. The third-order valence-electron chi connectivity index (χ3n) is 3.40. The number of ether oxygens (including phenoxy) is 2. The van der Waals surface area contributed by atoms with Crippen LogP contribution in [0, 0.1) is 0 Å². The molecule has 8 nitrogen and oxygen atoms in total. The largest absolute Gasteiger partial charge is 0.480 e. The Kier molecular flexibility index (Phi) is 8.03. The van der Waals surface area contributed by atoms with Crippen molar-refractivity contribution >= 4 is 12.0 Å². The molecule has 0 aromatic heterocycles. The van der Waals surface area contributed by atoms with Crippen molar-refractivity contribution in [3.63, 3.8) is 0 Å². The molecule has 2 amide bonds. The lowest BCUT2D eigenvalue weighted by Crippen LogP contribution is -2.54. The van der Waals surface area contributed by atoms with E-state index < -0.39 is 5.97 Å². The summed E-state index contributed by atoms with van der Waals surface area (Å²) in [6, 6.07) is -0.0425. The molecule has 1 aliphatic heterocycles. The second-order valence-corrected chi connectivity index (χ2v) is 4.91. The quantitative estimate of drug-likeness (QED) is 0.645. The van der Waals surface area contributed by atoms with Gasteiger partial charge in [-0.2, -0.15) is 0 Å². The van der Waals surface area contributed by atoms with Crippen molar-refractivity contribution < 1.29 is 24.2 Å². The fourth-order valence-corrected chi connectivity index (χ4v) is 2.19. The summed E-state index contributed by atoms with van der Waals surface area (Å²) in [7, 11) is 3.20. The number of methoxy groups -OCH3 is 2. The Balaban J connectivity index is 2.46. The lowest BCUT2D eigenvalue weighted by atomic mass is 10.3. The Morgan fingerprint density at radius 3 is 2.00 bits per heavy atom. The number of hydrogen-bond donors (Lipinski definition) is 1. The van der Waals surface area contributed by atoms with Crippen molar-refractivity contribution in [2.45, 2.75) is 0 Å². The third kappa shape index (κ3) is 6.28. The minimum Gasteiger partial charge on any atom is -0.480 e. The Labute approximate surface area is 125 Å². The molecule has 0 aromatic carbocycles. The number of nitrogens with zero attached hydrogens (tertiary/aromatic N) is 3. The molecule has 1 heterocycles.